The van der Waals surface area contributed by atoms with Gasteiger partial charge >= 0.3 is 0 Å². The predicted molar refractivity (Wildman–Crippen MR) is 71.8 cm³/mol. The Morgan fingerprint density at radius 1 is 1.06 bits per heavy atom. The molecule has 1 N–H and O–H groups in total. The van der Waals surface area contributed by atoms with Gasteiger partial charge in [0.1, 0.15) is 0 Å². The molecule has 96 valence electrons. The molecular weight excluding hydrogens is 196 g/mol. The van der Waals surface area contributed by atoms with Crippen molar-refractivity contribution in [3.63, 3.8) is 0 Å². The lowest BCUT2D eigenvalue weighted by atomic mass is 9.87. The quantitative estimate of drug-likeness (QED) is 0.672. The molecule has 0 bridgehead atoms. The summed E-state index contributed by atoms with van der Waals surface area (Å²) in [5.74, 6) is 0. The third-order valence-corrected chi connectivity index (χ3v) is 3.99. The Kier molecular flexibility index (Phi) is 6.37. The first-order chi connectivity index (χ1) is 7.64. The van der Waals surface area contributed by atoms with Gasteiger partial charge in [-0.3, -0.25) is 0 Å². The molecule has 0 aromatic carbocycles. The van der Waals surface area contributed by atoms with Gasteiger partial charge in [0.15, 0.2) is 0 Å². The Morgan fingerprint density at radius 2 is 1.75 bits per heavy atom. The van der Waals surface area contributed by atoms with Gasteiger partial charge in [0.05, 0.1) is 0 Å². The molecule has 16 heavy (non-hydrogen) atoms. The standard InChI is InChI=1S/C14H30N2/c1-4-14(2,3)8-9-15-10-13-16-11-6-5-7-12-16/h15H,4-13H2,1-3H3. The minimum absolute atomic E-state index is 0.512. The highest BCUT2D eigenvalue weighted by Crippen LogP contribution is 2.23. The molecule has 0 atom stereocenters. The number of hydrogen-bond acceptors (Lipinski definition) is 2. The van der Waals surface area contributed by atoms with E-state index in [1.54, 1.807) is 0 Å². The number of likely N-dealkylation sites (tertiary alicyclic amines) is 1. The highest BCUT2D eigenvalue weighted by atomic mass is 15.1. The molecule has 2 heteroatoms. The van der Waals surface area contributed by atoms with E-state index in [4.69, 9.17) is 0 Å². The van der Waals surface area contributed by atoms with Crippen molar-refractivity contribution in [2.45, 2.75) is 52.9 Å². The number of rotatable bonds is 7. The summed E-state index contributed by atoms with van der Waals surface area (Å²) in [5, 5.41) is 3.58. The molecule has 0 radical (unpaired) electrons. The molecule has 1 fully saturated rings. The molecule has 0 aliphatic carbocycles. The minimum atomic E-state index is 0.512. The van der Waals surface area contributed by atoms with Crippen LogP contribution in [-0.4, -0.2) is 37.6 Å². The van der Waals surface area contributed by atoms with Crippen LogP contribution in [0.15, 0.2) is 0 Å². The van der Waals surface area contributed by atoms with Crippen LogP contribution in [0.3, 0.4) is 0 Å². The molecule has 1 rings (SSSR count). The zero-order valence-electron chi connectivity index (χ0n) is 11.5. The lowest BCUT2D eigenvalue weighted by molar-refractivity contribution is 0.226. The zero-order valence-corrected chi connectivity index (χ0v) is 11.5. The van der Waals surface area contributed by atoms with Crippen LogP contribution in [0.25, 0.3) is 0 Å². The van der Waals surface area contributed by atoms with Crippen molar-refractivity contribution in [2.24, 2.45) is 5.41 Å². The van der Waals surface area contributed by atoms with Crippen molar-refractivity contribution in [3.8, 4) is 0 Å². The van der Waals surface area contributed by atoms with Crippen LogP contribution in [0.1, 0.15) is 52.9 Å². The molecular formula is C14H30N2. The van der Waals surface area contributed by atoms with Crippen LogP contribution in [0.4, 0.5) is 0 Å². The number of hydrogen-bond donors (Lipinski definition) is 1. The number of nitrogens with one attached hydrogen (secondary N) is 1. The van der Waals surface area contributed by atoms with Gasteiger partial charge in [0.25, 0.3) is 0 Å². The summed E-state index contributed by atoms with van der Waals surface area (Å²) in [5.41, 5.74) is 0.512. The normalized spacial score (nSPS) is 18.9. The van der Waals surface area contributed by atoms with E-state index in [2.05, 4.69) is 31.0 Å². The van der Waals surface area contributed by atoms with E-state index in [9.17, 15) is 0 Å². The first kappa shape index (κ1) is 14.0. The van der Waals surface area contributed by atoms with Gasteiger partial charge in [0, 0.05) is 13.1 Å². The Balaban J connectivity index is 1.95. The summed E-state index contributed by atoms with van der Waals surface area (Å²) in [4.78, 5) is 2.60. The van der Waals surface area contributed by atoms with E-state index in [0.29, 0.717) is 5.41 Å². The Morgan fingerprint density at radius 3 is 2.38 bits per heavy atom. The average Bonchev–Trinajstić information content (AvgIpc) is 2.30. The summed E-state index contributed by atoms with van der Waals surface area (Å²) < 4.78 is 0. The summed E-state index contributed by atoms with van der Waals surface area (Å²) in [6.07, 6.45) is 6.82. The van der Waals surface area contributed by atoms with Crippen molar-refractivity contribution < 1.29 is 0 Å². The highest BCUT2D eigenvalue weighted by molar-refractivity contribution is 4.69. The molecule has 1 saturated heterocycles. The largest absolute Gasteiger partial charge is 0.315 e. The van der Waals surface area contributed by atoms with Gasteiger partial charge in [0.2, 0.25) is 0 Å². The minimum Gasteiger partial charge on any atom is -0.315 e. The van der Waals surface area contributed by atoms with Gasteiger partial charge in [-0.2, -0.15) is 0 Å². The van der Waals surface area contributed by atoms with Gasteiger partial charge < -0.3 is 10.2 Å². The monoisotopic (exact) mass is 226 g/mol. The maximum absolute atomic E-state index is 3.58. The molecule has 0 unspecified atom stereocenters. The third kappa shape index (κ3) is 5.86. The van der Waals surface area contributed by atoms with Crippen LogP contribution in [0.2, 0.25) is 0 Å². The van der Waals surface area contributed by atoms with Gasteiger partial charge in [-0.05, 0) is 44.3 Å². The number of piperidine rings is 1. The molecule has 0 aromatic heterocycles. The van der Waals surface area contributed by atoms with E-state index < -0.39 is 0 Å². The summed E-state index contributed by atoms with van der Waals surface area (Å²) >= 11 is 0. The number of nitrogens with zero attached hydrogens (tertiary/aromatic N) is 1. The highest BCUT2D eigenvalue weighted by Gasteiger charge is 2.14. The maximum atomic E-state index is 3.58. The first-order valence-corrected chi connectivity index (χ1v) is 7.07. The predicted octanol–water partition coefficient (Wildman–Crippen LogP) is 2.89. The van der Waals surface area contributed by atoms with E-state index in [-0.39, 0.29) is 0 Å². The fourth-order valence-electron chi connectivity index (χ4n) is 2.15. The van der Waals surface area contributed by atoms with E-state index in [1.807, 2.05) is 0 Å². The molecule has 0 aromatic rings. The SMILES string of the molecule is CCC(C)(C)CCNCCN1CCCCC1. The van der Waals surface area contributed by atoms with E-state index in [1.165, 1.54) is 64.8 Å². The lowest BCUT2D eigenvalue weighted by Gasteiger charge is -2.27. The first-order valence-electron chi connectivity index (χ1n) is 7.07. The van der Waals surface area contributed by atoms with Crippen LogP contribution in [0, 0.1) is 5.41 Å². The van der Waals surface area contributed by atoms with Crippen LogP contribution >= 0.6 is 0 Å². The Hall–Kier alpha value is -0.0800. The van der Waals surface area contributed by atoms with Gasteiger partial charge in [-0.1, -0.05) is 33.6 Å². The van der Waals surface area contributed by atoms with Crippen LogP contribution in [0.5, 0.6) is 0 Å². The molecule has 1 aliphatic rings. The molecule has 1 aliphatic heterocycles. The Labute approximate surface area is 102 Å². The smallest absolute Gasteiger partial charge is 0.0107 e. The zero-order chi connectivity index (χ0) is 11.9. The van der Waals surface area contributed by atoms with Gasteiger partial charge in [-0.15, -0.1) is 0 Å². The second kappa shape index (κ2) is 7.29. The summed E-state index contributed by atoms with van der Waals surface area (Å²) in [6, 6.07) is 0. The molecule has 1 heterocycles. The molecule has 0 amide bonds. The molecule has 2 nitrogen and oxygen atoms in total. The van der Waals surface area contributed by atoms with E-state index >= 15 is 0 Å². The van der Waals surface area contributed by atoms with Crippen molar-refractivity contribution in [1.82, 2.24) is 10.2 Å². The maximum Gasteiger partial charge on any atom is 0.0107 e. The van der Waals surface area contributed by atoms with Crippen LogP contribution in [-0.2, 0) is 0 Å². The second-order valence-corrected chi connectivity index (χ2v) is 5.92. The van der Waals surface area contributed by atoms with Crippen molar-refractivity contribution >= 4 is 0 Å². The summed E-state index contributed by atoms with van der Waals surface area (Å²) in [7, 11) is 0. The third-order valence-electron chi connectivity index (χ3n) is 3.99. The summed E-state index contributed by atoms with van der Waals surface area (Å²) in [6.45, 7) is 13.2. The van der Waals surface area contributed by atoms with Crippen molar-refractivity contribution in [1.29, 1.82) is 0 Å². The average molecular weight is 226 g/mol. The van der Waals surface area contributed by atoms with Crippen LogP contribution < -0.4 is 5.32 Å². The Bertz CT molecular complexity index is 172. The topological polar surface area (TPSA) is 15.3 Å². The molecule has 0 spiro atoms. The van der Waals surface area contributed by atoms with Crippen molar-refractivity contribution in [3.05, 3.63) is 0 Å². The fourth-order valence-corrected chi connectivity index (χ4v) is 2.15. The van der Waals surface area contributed by atoms with Crippen molar-refractivity contribution in [2.75, 3.05) is 32.7 Å². The fraction of sp³-hybridized carbons (Fsp3) is 1.00. The second-order valence-electron chi connectivity index (χ2n) is 5.92. The lowest BCUT2D eigenvalue weighted by Crippen LogP contribution is -2.36. The van der Waals surface area contributed by atoms with Gasteiger partial charge in [-0.25, -0.2) is 0 Å². The molecule has 0 saturated carbocycles. The van der Waals surface area contributed by atoms with E-state index in [0.717, 1.165) is 0 Å².